The van der Waals surface area contributed by atoms with E-state index in [2.05, 4.69) is 12.2 Å². The standard InChI is InChI=1S/C12H23NO2/c1-9-5-6-10(7-9)13-8-12(2,3)11(14)15-4/h9-10,13H,5-8H2,1-4H3/t9-,10+/m1/s1. The fourth-order valence-electron chi connectivity index (χ4n) is 2.14. The first kappa shape index (κ1) is 12.5. The Bertz CT molecular complexity index is 226. The number of hydrogen-bond acceptors (Lipinski definition) is 3. The van der Waals surface area contributed by atoms with Gasteiger partial charge in [0.1, 0.15) is 0 Å². The predicted octanol–water partition coefficient (Wildman–Crippen LogP) is 1.96. The molecule has 0 aromatic carbocycles. The second kappa shape index (κ2) is 4.97. The van der Waals surface area contributed by atoms with Gasteiger partial charge >= 0.3 is 5.97 Å². The Morgan fingerprint density at radius 1 is 1.47 bits per heavy atom. The van der Waals surface area contributed by atoms with Gasteiger partial charge in [-0.05, 0) is 39.0 Å². The second-order valence-corrected chi connectivity index (χ2v) is 5.37. The highest BCUT2D eigenvalue weighted by atomic mass is 16.5. The van der Waals surface area contributed by atoms with E-state index < -0.39 is 5.41 Å². The zero-order valence-corrected chi connectivity index (χ0v) is 10.3. The smallest absolute Gasteiger partial charge is 0.312 e. The quantitative estimate of drug-likeness (QED) is 0.726. The van der Waals surface area contributed by atoms with E-state index in [1.54, 1.807) is 0 Å². The Balaban J connectivity index is 2.32. The molecule has 3 heteroatoms. The molecule has 0 spiro atoms. The van der Waals surface area contributed by atoms with Gasteiger partial charge in [-0.15, -0.1) is 0 Å². The van der Waals surface area contributed by atoms with Crippen molar-refractivity contribution >= 4 is 5.97 Å². The van der Waals surface area contributed by atoms with Gasteiger partial charge < -0.3 is 10.1 Å². The summed E-state index contributed by atoms with van der Waals surface area (Å²) in [5, 5.41) is 3.47. The van der Waals surface area contributed by atoms with Crippen molar-refractivity contribution in [3.8, 4) is 0 Å². The van der Waals surface area contributed by atoms with Crippen molar-refractivity contribution in [1.29, 1.82) is 0 Å². The summed E-state index contributed by atoms with van der Waals surface area (Å²) in [6, 6.07) is 0.587. The number of methoxy groups -OCH3 is 1. The largest absolute Gasteiger partial charge is 0.469 e. The minimum Gasteiger partial charge on any atom is -0.469 e. The Morgan fingerprint density at radius 2 is 2.13 bits per heavy atom. The summed E-state index contributed by atoms with van der Waals surface area (Å²) < 4.78 is 4.77. The number of hydrogen-bond donors (Lipinski definition) is 1. The summed E-state index contributed by atoms with van der Waals surface area (Å²) in [6.07, 6.45) is 3.77. The average Bonchev–Trinajstić information content (AvgIpc) is 2.60. The van der Waals surface area contributed by atoms with Crippen LogP contribution in [0.5, 0.6) is 0 Å². The van der Waals surface area contributed by atoms with Crippen molar-refractivity contribution in [2.24, 2.45) is 11.3 Å². The van der Waals surface area contributed by atoms with Crippen LogP contribution in [0.2, 0.25) is 0 Å². The number of carbonyl (C=O) groups is 1. The van der Waals surface area contributed by atoms with E-state index in [1.165, 1.54) is 26.4 Å². The molecule has 0 radical (unpaired) electrons. The van der Waals surface area contributed by atoms with Gasteiger partial charge in [-0.25, -0.2) is 0 Å². The topological polar surface area (TPSA) is 38.3 Å². The van der Waals surface area contributed by atoms with Crippen LogP contribution in [0.15, 0.2) is 0 Å². The molecule has 0 heterocycles. The van der Waals surface area contributed by atoms with E-state index in [1.807, 2.05) is 13.8 Å². The van der Waals surface area contributed by atoms with E-state index in [-0.39, 0.29) is 5.97 Å². The SMILES string of the molecule is COC(=O)C(C)(C)CN[C@H]1CC[C@@H](C)C1. The number of ether oxygens (including phenoxy) is 1. The Labute approximate surface area is 92.6 Å². The molecule has 1 aliphatic carbocycles. The van der Waals surface area contributed by atoms with Crippen molar-refractivity contribution < 1.29 is 9.53 Å². The lowest BCUT2D eigenvalue weighted by Crippen LogP contribution is -2.40. The second-order valence-electron chi connectivity index (χ2n) is 5.37. The van der Waals surface area contributed by atoms with Crippen molar-refractivity contribution in [3.05, 3.63) is 0 Å². The van der Waals surface area contributed by atoms with Gasteiger partial charge in [0.25, 0.3) is 0 Å². The molecule has 2 atom stereocenters. The van der Waals surface area contributed by atoms with Crippen LogP contribution in [0.25, 0.3) is 0 Å². The molecule has 0 amide bonds. The van der Waals surface area contributed by atoms with Crippen molar-refractivity contribution in [2.45, 2.75) is 46.1 Å². The Morgan fingerprint density at radius 3 is 2.60 bits per heavy atom. The molecular weight excluding hydrogens is 190 g/mol. The summed E-state index contributed by atoms with van der Waals surface area (Å²) in [7, 11) is 1.45. The molecular formula is C12H23NO2. The lowest BCUT2D eigenvalue weighted by molar-refractivity contribution is -0.150. The molecule has 1 aliphatic rings. The average molecular weight is 213 g/mol. The van der Waals surface area contributed by atoms with Crippen molar-refractivity contribution in [2.75, 3.05) is 13.7 Å². The Kier molecular flexibility index (Phi) is 4.14. The third kappa shape index (κ3) is 3.49. The number of nitrogens with one attached hydrogen (secondary N) is 1. The van der Waals surface area contributed by atoms with Gasteiger partial charge in [-0.1, -0.05) is 6.92 Å². The highest BCUT2D eigenvalue weighted by Gasteiger charge is 2.30. The van der Waals surface area contributed by atoms with Crippen LogP contribution >= 0.6 is 0 Å². The van der Waals surface area contributed by atoms with Crippen LogP contribution < -0.4 is 5.32 Å². The maximum Gasteiger partial charge on any atom is 0.312 e. The van der Waals surface area contributed by atoms with E-state index in [9.17, 15) is 4.79 Å². The number of rotatable bonds is 4. The molecule has 0 unspecified atom stereocenters. The third-order valence-electron chi connectivity index (χ3n) is 3.27. The maximum atomic E-state index is 11.4. The van der Waals surface area contributed by atoms with Gasteiger partial charge in [-0.3, -0.25) is 4.79 Å². The molecule has 1 rings (SSSR count). The van der Waals surface area contributed by atoms with E-state index in [4.69, 9.17) is 4.74 Å². The summed E-state index contributed by atoms with van der Waals surface area (Å²) in [6.45, 7) is 6.83. The molecule has 1 N–H and O–H groups in total. The highest BCUT2D eigenvalue weighted by Crippen LogP contribution is 2.25. The molecule has 88 valence electrons. The molecule has 0 aliphatic heterocycles. The fourth-order valence-corrected chi connectivity index (χ4v) is 2.14. The summed E-state index contributed by atoms with van der Waals surface area (Å²) in [4.78, 5) is 11.4. The zero-order valence-electron chi connectivity index (χ0n) is 10.3. The normalized spacial score (nSPS) is 26.7. The van der Waals surface area contributed by atoms with E-state index in [0.29, 0.717) is 12.6 Å². The fraction of sp³-hybridized carbons (Fsp3) is 0.917. The minimum atomic E-state index is -0.416. The highest BCUT2D eigenvalue weighted by molar-refractivity contribution is 5.76. The lowest BCUT2D eigenvalue weighted by atomic mass is 9.93. The molecule has 0 bridgehead atoms. The van der Waals surface area contributed by atoms with Gasteiger partial charge in [0, 0.05) is 12.6 Å². The maximum absolute atomic E-state index is 11.4. The molecule has 15 heavy (non-hydrogen) atoms. The molecule has 0 aromatic rings. The lowest BCUT2D eigenvalue weighted by Gasteiger charge is -2.24. The predicted molar refractivity (Wildman–Crippen MR) is 60.6 cm³/mol. The number of esters is 1. The van der Waals surface area contributed by atoms with Crippen LogP contribution in [0.3, 0.4) is 0 Å². The molecule has 1 fully saturated rings. The van der Waals surface area contributed by atoms with Gasteiger partial charge in [0.2, 0.25) is 0 Å². The van der Waals surface area contributed by atoms with Gasteiger partial charge in [0.05, 0.1) is 12.5 Å². The van der Waals surface area contributed by atoms with Crippen LogP contribution in [-0.4, -0.2) is 25.7 Å². The van der Waals surface area contributed by atoms with Gasteiger partial charge in [0.15, 0.2) is 0 Å². The van der Waals surface area contributed by atoms with Crippen LogP contribution in [-0.2, 0) is 9.53 Å². The first-order valence-electron chi connectivity index (χ1n) is 5.77. The Hall–Kier alpha value is -0.570. The molecule has 0 aromatic heterocycles. The summed E-state index contributed by atoms with van der Waals surface area (Å²) in [5.74, 6) is 0.685. The van der Waals surface area contributed by atoms with E-state index in [0.717, 1.165) is 5.92 Å². The van der Waals surface area contributed by atoms with Crippen molar-refractivity contribution in [3.63, 3.8) is 0 Å². The number of carbonyl (C=O) groups excluding carboxylic acids is 1. The molecule has 1 saturated carbocycles. The first-order chi connectivity index (χ1) is 6.95. The van der Waals surface area contributed by atoms with E-state index >= 15 is 0 Å². The monoisotopic (exact) mass is 213 g/mol. The first-order valence-corrected chi connectivity index (χ1v) is 5.77. The minimum absolute atomic E-state index is 0.138. The third-order valence-corrected chi connectivity index (χ3v) is 3.27. The van der Waals surface area contributed by atoms with Crippen LogP contribution in [0.1, 0.15) is 40.0 Å². The molecule has 3 nitrogen and oxygen atoms in total. The van der Waals surface area contributed by atoms with Crippen LogP contribution in [0, 0.1) is 11.3 Å². The van der Waals surface area contributed by atoms with Crippen molar-refractivity contribution in [1.82, 2.24) is 5.32 Å². The summed E-state index contributed by atoms with van der Waals surface area (Å²) in [5.41, 5.74) is -0.416. The molecule has 0 saturated heterocycles. The van der Waals surface area contributed by atoms with Crippen LogP contribution in [0.4, 0.5) is 0 Å². The summed E-state index contributed by atoms with van der Waals surface area (Å²) >= 11 is 0. The zero-order chi connectivity index (χ0) is 11.5. The van der Waals surface area contributed by atoms with Gasteiger partial charge in [-0.2, -0.15) is 0 Å².